The molecule has 0 aromatic heterocycles. The Morgan fingerprint density at radius 1 is 1.28 bits per heavy atom. The predicted molar refractivity (Wildman–Crippen MR) is 75.0 cm³/mol. The fraction of sp³-hybridized carbons (Fsp3) is 0.533. The van der Waals surface area contributed by atoms with E-state index < -0.39 is 0 Å². The number of rotatable bonds is 4. The number of fused-ring (bicyclic) bond motifs is 1. The molecule has 0 heterocycles. The van der Waals surface area contributed by atoms with Gasteiger partial charge in [-0.25, -0.2) is 4.79 Å². The van der Waals surface area contributed by atoms with Gasteiger partial charge in [0.05, 0.1) is 0 Å². The molecule has 0 spiro atoms. The minimum atomic E-state index is -0.0811. The molecule has 0 unspecified atom stereocenters. The zero-order valence-electron chi connectivity index (χ0n) is 11.1. The minimum Gasteiger partial charge on any atom is -0.338 e. The second kappa shape index (κ2) is 6.43. The third-order valence-electron chi connectivity index (χ3n) is 3.46. The first-order valence-electron chi connectivity index (χ1n) is 6.97. The number of benzene rings is 1. The summed E-state index contributed by atoms with van der Waals surface area (Å²) in [5.41, 5.74) is 3.71. The molecule has 1 aromatic rings. The van der Waals surface area contributed by atoms with Crippen LogP contribution in [0.25, 0.3) is 0 Å². The van der Waals surface area contributed by atoms with Gasteiger partial charge in [0.15, 0.2) is 0 Å². The Hall–Kier alpha value is -1.51. The number of aryl methyl sites for hydroxylation is 1. The van der Waals surface area contributed by atoms with E-state index in [-0.39, 0.29) is 6.03 Å². The van der Waals surface area contributed by atoms with E-state index in [0.717, 1.165) is 37.9 Å². The maximum absolute atomic E-state index is 11.8. The highest BCUT2D eigenvalue weighted by Crippen LogP contribution is 2.27. The summed E-state index contributed by atoms with van der Waals surface area (Å²) < 4.78 is 0. The molecule has 2 amide bonds. The molecule has 1 aromatic carbocycles. The zero-order chi connectivity index (χ0) is 12.8. The molecule has 0 saturated carbocycles. The van der Waals surface area contributed by atoms with Gasteiger partial charge in [-0.15, -0.1) is 0 Å². The number of carbonyl (C=O) groups is 1. The Morgan fingerprint density at radius 2 is 2.11 bits per heavy atom. The summed E-state index contributed by atoms with van der Waals surface area (Å²) in [6.45, 7) is 2.87. The van der Waals surface area contributed by atoms with Gasteiger partial charge in [-0.3, -0.25) is 0 Å². The van der Waals surface area contributed by atoms with Gasteiger partial charge in [-0.05, 0) is 49.3 Å². The molecule has 0 fully saturated rings. The van der Waals surface area contributed by atoms with Crippen molar-refractivity contribution in [2.45, 2.75) is 45.4 Å². The Bertz CT molecular complexity index is 415. The maximum Gasteiger partial charge on any atom is 0.319 e. The van der Waals surface area contributed by atoms with Crippen molar-refractivity contribution in [3.8, 4) is 0 Å². The number of hydrogen-bond acceptors (Lipinski definition) is 1. The fourth-order valence-electron chi connectivity index (χ4n) is 2.44. The summed E-state index contributed by atoms with van der Waals surface area (Å²) >= 11 is 0. The quantitative estimate of drug-likeness (QED) is 0.784. The molecule has 2 rings (SSSR count). The number of anilines is 1. The van der Waals surface area contributed by atoms with Crippen molar-refractivity contribution in [1.82, 2.24) is 5.32 Å². The molecular weight excluding hydrogens is 224 g/mol. The monoisotopic (exact) mass is 246 g/mol. The van der Waals surface area contributed by atoms with Crippen molar-refractivity contribution < 1.29 is 4.79 Å². The second-order valence-electron chi connectivity index (χ2n) is 4.88. The van der Waals surface area contributed by atoms with Crippen LogP contribution < -0.4 is 10.6 Å². The first-order chi connectivity index (χ1) is 8.81. The molecule has 0 aliphatic heterocycles. The van der Waals surface area contributed by atoms with Crippen LogP contribution >= 0.6 is 0 Å². The number of urea groups is 1. The standard InChI is InChI=1S/C15H22N2O/c1-2-3-11-16-15(18)17-14-10-6-8-12-7-4-5-9-13(12)14/h6,8,10H,2-5,7,9,11H2,1H3,(H2,16,17,18). The van der Waals surface area contributed by atoms with Crippen LogP contribution in [0.2, 0.25) is 0 Å². The van der Waals surface area contributed by atoms with Crippen LogP contribution in [-0.2, 0) is 12.8 Å². The van der Waals surface area contributed by atoms with Gasteiger partial charge in [0, 0.05) is 12.2 Å². The normalized spacial score (nSPS) is 13.8. The third-order valence-corrected chi connectivity index (χ3v) is 3.46. The number of nitrogens with one attached hydrogen (secondary N) is 2. The van der Waals surface area contributed by atoms with Gasteiger partial charge in [-0.1, -0.05) is 25.5 Å². The largest absolute Gasteiger partial charge is 0.338 e. The number of unbranched alkanes of at least 4 members (excludes halogenated alkanes) is 1. The fourth-order valence-corrected chi connectivity index (χ4v) is 2.44. The van der Waals surface area contributed by atoms with Gasteiger partial charge in [0.2, 0.25) is 0 Å². The SMILES string of the molecule is CCCCNC(=O)Nc1cccc2c1CCCC2. The topological polar surface area (TPSA) is 41.1 Å². The van der Waals surface area contributed by atoms with Crippen LogP contribution in [0.4, 0.5) is 10.5 Å². The summed E-state index contributed by atoms with van der Waals surface area (Å²) in [6, 6.07) is 6.13. The second-order valence-corrected chi connectivity index (χ2v) is 4.88. The third kappa shape index (κ3) is 3.25. The molecule has 3 heteroatoms. The van der Waals surface area contributed by atoms with Crippen LogP contribution in [0.15, 0.2) is 18.2 Å². The average molecular weight is 246 g/mol. The molecule has 0 bridgehead atoms. The van der Waals surface area contributed by atoms with Crippen molar-refractivity contribution >= 4 is 11.7 Å². The summed E-state index contributed by atoms with van der Waals surface area (Å²) in [5.74, 6) is 0. The van der Waals surface area contributed by atoms with Crippen LogP contribution in [-0.4, -0.2) is 12.6 Å². The van der Waals surface area contributed by atoms with E-state index in [2.05, 4.69) is 23.6 Å². The smallest absolute Gasteiger partial charge is 0.319 e. The summed E-state index contributed by atoms with van der Waals surface area (Å²) in [7, 11) is 0. The Labute approximate surface area is 109 Å². The molecule has 1 aliphatic carbocycles. The first-order valence-corrected chi connectivity index (χ1v) is 6.97. The molecule has 1 aliphatic rings. The molecule has 0 atom stereocenters. The minimum absolute atomic E-state index is 0.0811. The lowest BCUT2D eigenvalue weighted by atomic mass is 9.90. The van der Waals surface area contributed by atoms with Crippen LogP contribution in [0.5, 0.6) is 0 Å². The Balaban J connectivity index is 1.98. The van der Waals surface area contributed by atoms with Gasteiger partial charge < -0.3 is 10.6 Å². The van der Waals surface area contributed by atoms with E-state index in [1.807, 2.05) is 12.1 Å². The van der Waals surface area contributed by atoms with Gasteiger partial charge in [-0.2, -0.15) is 0 Å². The van der Waals surface area contributed by atoms with Crippen molar-refractivity contribution in [2.75, 3.05) is 11.9 Å². The van der Waals surface area contributed by atoms with Gasteiger partial charge in [0.1, 0.15) is 0 Å². The lowest BCUT2D eigenvalue weighted by Crippen LogP contribution is -2.30. The summed E-state index contributed by atoms with van der Waals surface area (Å²) in [5, 5.41) is 5.87. The van der Waals surface area contributed by atoms with E-state index in [4.69, 9.17) is 0 Å². The van der Waals surface area contributed by atoms with Gasteiger partial charge in [0.25, 0.3) is 0 Å². The summed E-state index contributed by atoms with van der Waals surface area (Å²) in [6.07, 6.45) is 6.84. The maximum atomic E-state index is 11.8. The molecule has 0 radical (unpaired) electrons. The zero-order valence-corrected chi connectivity index (χ0v) is 11.1. The molecule has 0 saturated heterocycles. The number of amides is 2. The lowest BCUT2D eigenvalue weighted by Gasteiger charge is -2.19. The van der Waals surface area contributed by atoms with Crippen molar-refractivity contribution in [3.63, 3.8) is 0 Å². The van der Waals surface area contributed by atoms with E-state index in [1.165, 1.54) is 24.0 Å². The Kier molecular flexibility index (Phi) is 4.62. The summed E-state index contributed by atoms with van der Waals surface area (Å²) in [4.78, 5) is 11.8. The van der Waals surface area contributed by atoms with Gasteiger partial charge >= 0.3 is 6.03 Å². The van der Waals surface area contributed by atoms with Crippen LogP contribution in [0, 0.1) is 0 Å². The van der Waals surface area contributed by atoms with Crippen molar-refractivity contribution in [1.29, 1.82) is 0 Å². The molecule has 18 heavy (non-hydrogen) atoms. The highest BCUT2D eigenvalue weighted by Gasteiger charge is 2.13. The molecular formula is C15H22N2O. The first kappa shape index (κ1) is 12.9. The molecule has 2 N–H and O–H groups in total. The van der Waals surface area contributed by atoms with Crippen molar-refractivity contribution in [3.05, 3.63) is 29.3 Å². The van der Waals surface area contributed by atoms with Crippen LogP contribution in [0.3, 0.4) is 0 Å². The molecule has 98 valence electrons. The Morgan fingerprint density at radius 3 is 2.94 bits per heavy atom. The van der Waals surface area contributed by atoms with Crippen LogP contribution in [0.1, 0.15) is 43.7 Å². The van der Waals surface area contributed by atoms with E-state index >= 15 is 0 Å². The highest BCUT2D eigenvalue weighted by atomic mass is 16.2. The van der Waals surface area contributed by atoms with E-state index in [0.29, 0.717) is 0 Å². The molecule has 3 nitrogen and oxygen atoms in total. The predicted octanol–water partition coefficient (Wildman–Crippen LogP) is 3.49. The number of hydrogen-bond donors (Lipinski definition) is 2. The van der Waals surface area contributed by atoms with E-state index in [9.17, 15) is 4.79 Å². The van der Waals surface area contributed by atoms with Crippen molar-refractivity contribution in [2.24, 2.45) is 0 Å². The highest BCUT2D eigenvalue weighted by molar-refractivity contribution is 5.90. The average Bonchev–Trinajstić information content (AvgIpc) is 2.39. The number of carbonyl (C=O) groups excluding carboxylic acids is 1. The van der Waals surface area contributed by atoms with E-state index in [1.54, 1.807) is 0 Å². The lowest BCUT2D eigenvalue weighted by molar-refractivity contribution is 0.252.